The summed E-state index contributed by atoms with van der Waals surface area (Å²) in [6.45, 7) is 2.19. The van der Waals surface area contributed by atoms with Crippen molar-refractivity contribution in [1.82, 2.24) is 14.6 Å². The predicted molar refractivity (Wildman–Crippen MR) is 68.3 cm³/mol. The van der Waals surface area contributed by atoms with Gasteiger partial charge in [-0.2, -0.15) is 4.31 Å². The van der Waals surface area contributed by atoms with Crippen LogP contribution in [0, 0.1) is 4.51 Å². The molecular weight excluding hydrogens is 282 g/mol. The van der Waals surface area contributed by atoms with Crippen LogP contribution in [-0.4, -0.2) is 43.9 Å². The largest absolute Gasteiger partial charge is 0.365 e. The van der Waals surface area contributed by atoms with Gasteiger partial charge in [-0.1, -0.05) is 23.8 Å². The summed E-state index contributed by atoms with van der Waals surface area (Å²) in [5, 5.41) is 3.34. The molecule has 5 nitrogen and oxygen atoms in total. The summed E-state index contributed by atoms with van der Waals surface area (Å²) in [6, 6.07) is 0. The summed E-state index contributed by atoms with van der Waals surface area (Å²) in [5.41, 5.74) is 0. The number of hydrogen-bond donors (Lipinski definition) is 2. The smallest absolute Gasteiger partial charge is 0.246 e. The molecule has 1 saturated heterocycles. The predicted octanol–water partition coefficient (Wildman–Crippen LogP) is 0.991. The number of piperazine rings is 1. The van der Waals surface area contributed by atoms with Crippen LogP contribution in [0.3, 0.4) is 0 Å². The second kappa shape index (κ2) is 5.03. The van der Waals surface area contributed by atoms with E-state index in [0.29, 0.717) is 26.2 Å². The first kappa shape index (κ1) is 13.0. The third-order valence-electron chi connectivity index (χ3n) is 2.56. The Bertz CT molecular complexity index is 564. The van der Waals surface area contributed by atoms with E-state index in [4.69, 9.17) is 23.8 Å². The summed E-state index contributed by atoms with van der Waals surface area (Å²) in [7, 11) is -3.54. The molecule has 8 heteroatoms. The number of aromatic amines is 1. The zero-order valence-electron chi connectivity index (χ0n) is 8.94. The van der Waals surface area contributed by atoms with Crippen LogP contribution in [0.4, 0.5) is 0 Å². The Labute approximate surface area is 110 Å². The first-order valence-corrected chi connectivity index (χ1v) is 7.33. The molecule has 0 spiro atoms. The van der Waals surface area contributed by atoms with Crippen LogP contribution in [0.5, 0.6) is 0 Å². The molecule has 0 amide bonds. The lowest BCUT2D eigenvalue weighted by Gasteiger charge is -2.26. The third-order valence-corrected chi connectivity index (χ3v) is 5.46. The highest BCUT2D eigenvalue weighted by molar-refractivity contribution is 7.89. The first-order valence-electron chi connectivity index (χ1n) is 5.11. The van der Waals surface area contributed by atoms with Gasteiger partial charge in [-0.15, -0.1) is 0 Å². The van der Waals surface area contributed by atoms with E-state index in [1.165, 1.54) is 16.7 Å². The molecule has 0 atom stereocenters. The molecule has 1 aliphatic rings. The van der Waals surface area contributed by atoms with Crippen LogP contribution in [0.15, 0.2) is 17.3 Å². The number of pyridine rings is 1. The third kappa shape index (κ3) is 2.53. The lowest BCUT2D eigenvalue weighted by Crippen LogP contribution is -2.46. The van der Waals surface area contributed by atoms with E-state index < -0.39 is 10.0 Å². The Morgan fingerprint density at radius 1 is 1.29 bits per heavy atom. The van der Waals surface area contributed by atoms with Gasteiger partial charge < -0.3 is 10.3 Å². The number of nitrogens with one attached hydrogen (secondary N) is 2. The van der Waals surface area contributed by atoms with E-state index in [0.717, 1.165) is 0 Å². The van der Waals surface area contributed by atoms with Crippen molar-refractivity contribution in [3.63, 3.8) is 0 Å². The Morgan fingerprint density at radius 3 is 2.59 bits per heavy atom. The zero-order chi connectivity index (χ0) is 12.5. The summed E-state index contributed by atoms with van der Waals surface area (Å²) < 4.78 is 26.2. The zero-order valence-corrected chi connectivity index (χ0v) is 11.3. The number of rotatable bonds is 2. The monoisotopic (exact) mass is 293 g/mol. The summed E-state index contributed by atoms with van der Waals surface area (Å²) in [6.07, 6.45) is 2.85. The fourth-order valence-electron chi connectivity index (χ4n) is 1.65. The lowest BCUT2D eigenvalue weighted by atomic mass is 10.4. The molecule has 0 aliphatic carbocycles. The van der Waals surface area contributed by atoms with Crippen molar-refractivity contribution in [2.45, 2.75) is 4.90 Å². The number of hydrogen-bond acceptors (Lipinski definition) is 4. The van der Waals surface area contributed by atoms with Gasteiger partial charge in [0, 0.05) is 38.6 Å². The summed E-state index contributed by atoms with van der Waals surface area (Å²) in [5.74, 6) is 0. The van der Waals surface area contributed by atoms with Crippen molar-refractivity contribution in [3.8, 4) is 0 Å². The molecule has 1 aliphatic heterocycles. The van der Waals surface area contributed by atoms with Crippen LogP contribution >= 0.6 is 23.8 Å². The van der Waals surface area contributed by atoms with Gasteiger partial charge in [0.2, 0.25) is 10.0 Å². The van der Waals surface area contributed by atoms with E-state index >= 15 is 0 Å². The highest BCUT2D eigenvalue weighted by atomic mass is 35.5. The molecule has 0 unspecified atom stereocenters. The molecule has 2 rings (SSSR count). The number of nitrogens with zero attached hydrogens (tertiary/aromatic N) is 1. The van der Waals surface area contributed by atoms with Gasteiger partial charge in [0.25, 0.3) is 0 Å². The van der Waals surface area contributed by atoms with E-state index in [1.807, 2.05) is 0 Å². The van der Waals surface area contributed by atoms with Gasteiger partial charge in [0.15, 0.2) is 0 Å². The maximum atomic E-state index is 12.3. The van der Waals surface area contributed by atoms with Gasteiger partial charge in [-0.05, 0) is 0 Å². The first-order chi connectivity index (χ1) is 8.03. The minimum atomic E-state index is -3.54. The topological polar surface area (TPSA) is 65.2 Å². The molecule has 2 N–H and O–H groups in total. The van der Waals surface area contributed by atoms with Crippen LogP contribution < -0.4 is 5.32 Å². The van der Waals surface area contributed by atoms with Gasteiger partial charge in [-0.3, -0.25) is 0 Å². The second-order valence-corrected chi connectivity index (χ2v) is 6.37. The minimum Gasteiger partial charge on any atom is -0.365 e. The summed E-state index contributed by atoms with van der Waals surface area (Å²) in [4.78, 5) is 2.77. The number of sulfonamides is 1. The van der Waals surface area contributed by atoms with Crippen LogP contribution in [0.1, 0.15) is 0 Å². The standard InChI is InChI=1S/C9H12ClN3O2S2/c10-7-5-12-6-8(9(7)16)17(14,15)13-3-1-11-2-4-13/h5-6,11H,1-4H2,(H,12,16). The van der Waals surface area contributed by atoms with Crippen molar-refractivity contribution >= 4 is 33.8 Å². The quantitative estimate of drug-likeness (QED) is 0.798. The van der Waals surface area contributed by atoms with E-state index in [9.17, 15) is 8.42 Å². The molecular formula is C9H12ClN3O2S2. The van der Waals surface area contributed by atoms with Gasteiger partial charge in [-0.25, -0.2) is 8.42 Å². The number of halogens is 1. The molecule has 1 aromatic heterocycles. The number of H-pyrrole nitrogens is 1. The molecule has 2 heterocycles. The van der Waals surface area contributed by atoms with Crippen molar-refractivity contribution < 1.29 is 8.42 Å². The molecule has 17 heavy (non-hydrogen) atoms. The van der Waals surface area contributed by atoms with Crippen molar-refractivity contribution in [1.29, 1.82) is 0 Å². The SMILES string of the molecule is O=S(=O)(c1c[nH]cc(Cl)c1=S)N1CCNCC1. The fraction of sp³-hybridized carbons (Fsp3) is 0.444. The average molecular weight is 294 g/mol. The maximum absolute atomic E-state index is 12.3. The Balaban J connectivity index is 2.44. The maximum Gasteiger partial charge on any atom is 0.246 e. The van der Waals surface area contributed by atoms with Crippen LogP contribution in [0.25, 0.3) is 0 Å². The van der Waals surface area contributed by atoms with Gasteiger partial charge >= 0.3 is 0 Å². The molecule has 0 saturated carbocycles. The molecule has 1 aromatic rings. The Kier molecular flexibility index (Phi) is 3.84. The molecule has 0 radical (unpaired) electrons. The Hall–Kier alpha value is -0.470. The van der Waals surface area contributed by atoms with Crippen molar-refractivity contribution in [3.05, 3.63) is 21.9 Å². The normalized spacial score (nSPS) is 18.2. The highest BCUT2D eigenvalue weighted by Crippen LogP contribution is 2.21. The molecule has 0 bridgehead atoms. The van der Waals surface area contributed by atoms with Crippen LogP contribution in [0.2, 0.25) is 5.02 Å². The van der Waals surface area contributed by atoms with Crippen molar-refractivity contribution in [2.75, 3.05) is 26.2 Å². The van der Waals surface area contributed by atoms with Crippen molar-refractivity contribution in [2.24, 2.45) is 0 Å². The van der Waals surface area contributed by atoms with Gasteiger partial charge in [0.1, 0.15) is 4.90 Å². The molecule has 94 valence electrons. The Morgan fingerprint density at radius 2 is 1.94 bits per heavy atom. The second-order valence-electron chi connectivity index (χ2n) is 3.65. The van der Waals surface area contributed by atoms with Gasteiger partial charge in [0.05, 0.1) is 9.53 Å². The van der Waals surface area contributed by atoms with E-state index in [-0.39, 0.29) is 14.4 Å². The number of aromatic nitrogens is 1. The van der Waals surface area contributed by atoms with E-state index in [2.05, 4.69) is 10.3 Å². The molecule has 1 fully saturated rings. The minimum absolute atomic E-state index is 0.0712. The van der Waals surface area contributed by atoms with Crippen LogP contribution in [-0.2, 0) is 10.0 Å². The molecule has 0 aromatic carbocycles. The highest BCUT2D eigenvalue weighted by Gasteiger charge is 2.27. The lowest BCUT2D eigenvalue weighted by molar-refractivity contribution is 0.360. The summed E-state index contributed by atoms with van der Waals surface area (Å²) >= 11 is 10.9. The average Bonchev–Trinajstić information content (AvgIpc) is 2.33. The fourth-order valence-corrected chi connectivity index (χ4v) is 3.81. The van der Waals surface area contributed by atoms with E-state index in [1.54, 1.807) is 0 Å².